The zero-order valence-electron chi connectivity index (χ0n) is 12.0. The number of hydrazone groups is 1. The number of carbonyl (C=O) groups excluding carboxylic acids is 2. The fraction of sp³-hybridized carbons (Fsp3) is 0. The predicted octanol–water partition coefficient (Wildman–Crippen LogP) is 2.80. The van der Waals surface area contributed by atoms with E-state index >= 15 is 0 Å². The number of carbonyl (C=O) groups is 2. The summed E-state index contributed by atoms with van der Waals surface area (Å²) in [6, 6.07) is 8.93. The summed E-state index contributed by atoms with van der Waals surface area (Å²) in [7, 11) is 0. The Hall–Kier alpha value is -2.23. The molecule has 24 heavy (non-hydrogen) atoms. The van der Waals surface area contributed by atoms with Crippen LogP contribution in [0.4, 0.5) is 0 Å². The van der Waals surface area contributed by atoms with Crippen molar-refractivity contribution < 1.29 is 19.9 Å². The number of nitrogens with zero attached hydrogens (tertiary/aromatic N) is 1. The van der Waals surface area contributed by atoms with E-state index in [9.17, 15) is 14.7 Å². The van der Waals surface area contributed by atoms with Crippen LogP contribution in [0.15, 0.2) is 50.4 Å². The highest BCUT2D eigenvalue weighted by Gasteiger charge is 2.08. The van der Waals surface area contributed by atoms with Crippen molar-refractivity contribution in [3.63, 3.8) is 0 Å². The maximum Gasteiger partial charge on any atom is 0.274 e. The fourth-order valence-electron chi connectivity index (χ4n) is 1.75. The summed E-state index contributed by atoms with van der Waals surface area (Å²) >= 11 is 6.49. The van der Waals surface area contributed by atoms with Gasteiger partial charge in [-0.25, -0.2) is 10.9 Å². The molecule has 0 bridgehead atoms. The Kier molecular flexibility index (Phi) is 6.07. The van der Waals surface area contributed by atoms with E-state index in [0.29, 0.717) is 10.0 Å². The summed E-state index contributed by atoms with van der Waals surface area (Å²) in [4.78, 5) is 23.1. The third-order valence-electron chi connectivity index (χ3n) is 2.94. The zero-order chi connectivity index (χ0) is 17.7. The minimum Gasteiger partial charge on any atom is -0.506 e. The monoisotopic (exact) mass is 455 g/mol. The number of rotatable bonds is 4. The van der Waals surface area contributed by atoms with Crippen LogP contribution in [0.2, 0.25) is 0 Å². The smallest absolute Gasteiger partial charge is 0.274 e. The lowest BCUT2D eigenvalue weighted by molar-refractivity contribution is 0.0706. The van der Waals surface area contributed by atoms with Crippen LogP contribution in [0.5, 0.6) is 5.75 Å². The lowest BCUT2D eigenvalue weighted by Crippen LogP contribution is -2.20. The molecule has 2 amide bonds. The van der Waals surface area contributed by atoms with Crippen LogP contribution >= 0.6 is 31.9 Å². The first-order valence-electron chi connectivity index (χ1n) is 6.48. The number of nitrogens with one attached hydrogen (secondary N) is 2. The van der Waals surface area contributed by atoms with Crippen molar-refractivity contribution in [3.8, 4) is 5.75 Å². The van der Waals surface area contributed by atoms with Crippen LogP contribution in [0, 0.1) is 0 Å². The molecule has 0 aliphatic carbocycles. The standard InChI is InChI=1S/C15H11Br2N3O4/c16-11-5-10(13(21)12(17)6-11)7-18-19-14(22)8-1-3-9(4-2-8)15(23)20-24/h1-7,21,24H,(H,19,22)(H,20,23)/b18-7+. The number of hydrogen-bond acceptors (Lipinski definition) is 5. The first-order valence-corrected chi connectivity index (χ1v) is 8.07. The molecule has 0 atom stereocenters. The molecule has 0 aromatic heterocycles. The van der Waals surface area contributed by atoms with Gasteiger partial charge in [-0.15, -0.1) is 0 Å². The molecule has 2 aromatic carbocycles. The minimum absolute atomic E-state index is 0.00410. The van der Waals surface area contributed by atoms with Crippen molar-refractivity contribution >= 4 is 49.9 Å². The molecule has 2 rings (SSSR count). The van der Waals surface area contributed by atoms with Gasteiger partial charge >= 0.3 is 0 Å². The van der Waals surface area contributed by atoms with Crippen LogP contribution in [0.3, 0.4) is 0 Å². The van der Waals surface area contributed by atoms with Crippen molar-refractivity contribution in [2.45, 2.75) is 0 Å². The molecule has 0 saturated heterocycles. The number of hydroxylamine groups is 1. The molecule has 0 unspecified atom stereocenters. The molecule has 0 radical (unpaired) electrons. The highest BCUT2D eigenvalue weighted by atomic mass is 79.9. The van der Waals surface area contributed by atoms with Gasteiger partial charge in [-0.2, -0.15) is 5.10 Å². The molecule has 9 heteroatoms. The van der Waals surface area contributed by atoms with Gasteiger partial charge in [0.2, 0.25) is 0 Å². The maximum absolute atomic E-state index is 11.9. The molecule has 4 N–H and O–H groups in total. The van der Waals surface area contributed by atoms with Gasteiger partial charge in [0.1, 0.15) is 5.75 Å². The molecule has 0 spiro atoms. The van der Waals surface area contributed by atoms with Gasteiger partial charge in [0.25, 0.3) is 11.8 Å². The van der Waals surface area contributed by atoms with Crippen molar-refractivity contribution in [2.24, 2.45) is 5.10 Å². The van der Waals surface area contributed by atoms with E-state index in [0.717, 1.165) is 4.47 Å². The van der Waals surface area contributed by atoms with Gasteiger partial charge in [-0.3, -0.25) is 14.8 Å². The number of hydrogen-bond donors (Lipinski definition) is 4. The Labute approximate surface area is 153 Å². The third kappa shape index (κ3) is 4.40. The first kappa shape index (κ1) is 18.1. The van der Waals surface area contributed by atoms with Crippen LogP contribution in [0.1, 0.15) is 26.3 Å². The van der Waals surface area contributed by atoms with Gasteiger partial charge in [-0.1, -0.05) is 15.9 Å². The highest BCUT2D eigenvalue weighted by Crippen LogP contribution is 2.30. The molecule has 0 heterocycles. The number of aromatic hydroxyl groups is 1. The number of halogens is 2. The van der Waals surface area contributed by atoms with Gasteiger partial charge in [0, 0.05) is 21.2 Å². The number of benzene rings is 2. The summed E-state index contributed by atoms with van der Waals surface area (Å²) < 4.78 is 1.22. The molecular formula is C15H11Br2N3O4. The number of amides is 2. The minimum atomic E-state index is -0.671. The van der Waals surface area contributed by atoms with Crippen LogP contribution in [0.25, 0.3) is 0 Å². The Morgan fingerprint density at radius 2 is 1.62 bits per heavy atom. The second-order valence-corrected chi connectivity index (χ2v) is 6.31. The third-order valence-corrected chi connectivity index (χ3v) is 4.00. The zero-order valence-corrected chi connectivity index (χ0v) is 15.1. The Morgan fingerprint density at radius 1 is 1.04 bits per heavy atom. The SMILES string of the molecule is O=C(NO)c1ccc(C(=O)N/N=C/c2cc(Br)cc(Br)c2O)cc1. The Balaban J connectivity index is 2.06. The summed E-state index contributed by atoms with van der Waals surface area (Å²) in [5.41, 5.74) is 4.71. The van der Waals surface area contributed by atoms with Crippen molar-refractivity contribution in [1.82, 2.24) is 10.9 Å². The van der Waals surface area contributed by atoms with Gasteiger partial charge in [-0.05, 0) is 52.3 Å². The summed E-state index contributed by atoms with van der Waals surface area (Å²) in [6.07, 6.45) is 1.30. The average molecular weight is 457 g/mol. The number of phenolic OH excluding ortho intramolecular Hbond substituents is 1. The maximum atomic E-state index is 11.9. The molecular weight excluding hydrogens is 446 g/mol. The molecule has 0 saturated carbocycles. The predicted molar refractivity (Wildman–Crippen MR) is 94.3 cm³/mol. The number of phenols is 1. The quantitative estimate of drug-likeness (QED) is 0.322. The van der Waals surface area contributed by atoms with E-state index in [4.69, 9.17) is 5.21 Å². The van der Waals surface area contributed by atoms with Crippen molar-refractivity contribution in [1.29, 1.82) is 0 Å². The summed E-state index contributed by atoms with van der Waals surface area (Å²) in [5, 5.41) is 22.2. The van der Waals surface area contributed by atoms with E-state index < -0.39 is 11.8 Å². The summed E-state index contributed by atoms with van der Waals surface area (Å²) in [6.45, 7) is 0. The first-order chi connectivity index (χ1) is 11.4. The van der Waals surface area contributed by atoms with Crippen LogP contribution < -0.4 is 10.9 Å². The lowest BCUT2D eigenvalue weighted by Gasteiger charge is -2.04. The Morgan fingerprint density at radius 3 is 2.21 bits per heavy atom. The van der Waals surface area contributed by atoms with E-state index in [1.807, 2.05) is 0 Å². The molecule has 0 fully saturated rings. The lowest BCUT2D eigenvalue weighted by atomic mass is 10.1. The van der Waals surface area contributed by atoms with E-state index in [1.165, 1.54) is 36.0 Å². The van der Waals surface area contributed by atoms with Gasteiger partial charge in [0.05, 0.1) is 10.7 Å². The van der Waals surface area contributed by atoms with Crippen LogP contribution in [-0.4, -0.2) is 28.3 Å². The van der Waals surface area contributed by atoms with E-state index in [-0.39, 0.29) is 16.9 Å². The van der Waals surface area contributed by atoms with Crippen molar-refractivity contribution in [3.05, 3.63) is 62.0 Å². The largest absolute Gasteiger partial charge is 0.506 e. The van der Waals surface area contributed by atoms with Gasteiger partial charge < -0.3 is 5.11 Å². The normalized spacial score (nSPS) is 10.6. The fourth-order valence-corrected chi connectivity index (χ4v) is 3.01. The second-order valence-electron chi connectivity index (χ2n) is 4.54. The van der Waals surface area contributed by atoms with Gasteiger partial charge in [0.15, 0.2) is 0 Å². The molecule has 124 valence electrons. The molecule has 2 aromatic rings. The molecule has 7 nitrogen and oxygen atoms in total. The molecule has 0 aliphatic heterocycles. The highest BCUT2D eigenvalue weighted by molar-refractivity contribution is 9.11. The molecule has 0 aliphatic rings. The summed E-state index contributed by atoms with van der Waals surface area (Å²) in [5.74, 6) is -1.16. The topological polar surface area (TPSA) is 111 Å². The van der Waals surface area contributed by atoms with E-state index in [2.05, 4.69) is 42.4 Å². The Bertz CT molecular complexity index is 807. The van der Waals surface area contributed by atoms with E-state index in [1.54, 1.807) is 12.1 Å². The second kappa shape index (κ2) is 8.04. The van der Waals surface area contributed by atoms with Crippen LogP contribution in [-0.2, 0) is 0 Å². The average Bonchev–Trinajstić information content (AvgIpc) is 2.58. The van der Waals surface area contributed by atoms with Crippen molar-refractivity contribution in [2.75, 3.05) is 0 Å².